The molecule has 1 N–H and O–H groups in total. The number of thioether (sulfide) groups is 1. The molecule has 0 spiro atoms. The van der Waals surface area contributed by atoms with Crippen molar-refractivity contribution in [1.29, 1.82) is 0 Å². The lowest BCUT2D eigenvalue weighted by atomic mass is 10.2. The predicted octanol–water partition coefficient (Wildman–Crippen LogP) is 4.59. The number of nitrogens with one attached hydrogen (secondary N) is 1. The Labute approximate surface area is 186 Å². The highest BCUT2D eigenvalue weighted by Gasteiger charge is 2.31. The second kappa shape index (κ2) is 11.1. The molecule has 5 nitrogen and oxygen atoms in total. The van der Waals surface area contributed by atoms with E-state index in [1.165, 1.54) is 6.07 Å². The lowest BCUT2D eigenvalue weighted by Gasteiger charge is -2.30. The van der Waals surface area contributed by atoms with Crippen LogP contribution in [0.15, 0.2) is 48.5 Å². The monoisotopic (exact) mass is 474 g/mol. The van der Waals surface area contributed by atoms with Crippen molar-refractivity contribution < 1.29 is 13.2 Å². The number of hydrogen-bond acceptors (Lipinski definition) is 4. The number of benzene rings is 2. The normalized spacial score (nSPS) is 12.4. The number of hydrogen-bond donors (Lipinski definition) is 1. The Balaban J connectivity index is 1.98. The van der Waals surface area contributed by atoms with Gasteiger partial charge in [0, 0.05) is 28.1 Å². The molecule has 1 amide bonds. The summed E-state index contributed by atoms with van der Waals surface area (Å²) in [6.07, 6.45) is 1.42. The third-order valence-electron chi connectivity index (χ3n) is 4.15. The van der Waals surface area contributed by atoms with Crippen molar-refractivity contribution in [1.82, 2.24) is 5.32 Å². The van der Waals surface area contributed by atoms with E-state index in [9.17, 15) is 13.2 Å². The van der Waals surface area contributed by atoms with E-state index in [1.807, 2.05) is 24.3 Å². The molecular weight excluding hydrogens is 451 g/mol. The Hall–Kier alpha value is -1.41. The first-order valence-corrected chi connectivity index (χ1v) is 12.8. The number of amides is 1. The van der Waals surface area contributed by atoms with Gasteiger partial charge in [0.05, 0.1) is 11.9 Å². The molecule has 29 heavy (non-hydrogen) atoms. The molecule has 0 saturated carbocycles. The summed E-state index contributed by atoms with van der Waals surface area (Å²) in [5.41, 5.74) is 1.41. The highest BCUT2D eigenvalue weighted by atomic mass is 35.5. The molecule has 2 aromatic carbocycles. The Morgan fingerprint density at radius 3 is 2.52 bits per heavy atom. The van der Waals surface area contributed by atoms with Gasteiger partial charge in [0.2, 0.25) is 15.9 Å². The lowest BCUT2D eigenvalue weighted by molar-refractivity contribution is -0.122. The van der Waals surface area contributed by atoms with Crippen LogP contribution in [0.4, 0.5) is 5.69 Å². The molecule has 0 aliphatic heterocycles. The summed E-state index contributed by atoms with van der Waals surface area (Å²) in [6.45, 7) is 2.21. The molecule has 158 valence electrons. The van der Waals surface area contributed by atoms with Crippen LogP contribution in [0, 0.1) is 0 Å². The molecule has 0 radical (unpaired) electrons. The maximum Gasteiger partial charge on any atom is 0.243 e. The molecule has 0 aliphatic carbocycles. The number of nitrogens with zero attached hydrogens (tertiary/aromatic N) is 1. The fraction of sp³-hybridized carbons (Fsp3) is 0.350. The maximum absolute atomic E-state index is 12.7. The Bertz CT molecular complexity index is 939. The number of anilines is 1. The first-order chi connectivity index (χ1) is 13.7. The van der Waals surface area contributed by atoms with Crippen molar-refractivity contribution in [3.63, 3.8) is 0 Å². The Kier molecular flexibility index (Phi) is 9.14. The van der Waals surface area contributed by atoms with E-state index in [2.05, 4.69) is 5.32 Å². The van der Waals surface area contributed by atoms with Gasteiger partial charge in [-0.05, 0) is 36.2 Å². The van der Waals surface area contributed by atoms with Gasteiger partial charge >= 0.3 is 0 Å². The van der Waals surface area contributed by atoms with E-state index in [0.717, 1.165) is 26.9 Å². The summed E-state index contributed by atoms with van der Waals surface area (Å²) >= 11 is 13.8. The van der Waals surface area contributed by atoms with Crippen LogP contribution in [0.2, 0.25) is 10.0 Å². The van der Waals surface area contributed by atoms with E-state index in [0.29, 0.717) is 29.4 Å². The van der Waals surface area contributed by atoms with Gasteiger partial charge in [0.25, 0.3) is 0 Å². The average Bonchev–Trinajstić information content (AvgIpc) is 2.65. The molecule has 0 bridgehead atoms. The number of sulfonamides is 1. The first kappa shape index (κ1) is 23.9. The van der Waals surface area contributed by atoms with E-state index in [4.69, 9.17) is 23.2 Å². The van der Waals surface area contributed by atoms with Gasteiger partial charge in [-0.25, -0.2) is 8.42 Å². The Morgan fingerprint density at radius 2 is 1.90 bits per heavy atom. The Morgan fingerprint density at radius 1 is 1.17 bits per heavy atom. The largest absolute Gasteiger partial charge is 0.353 e. The van der Waals surface area contributed by atoms with Gasteiger partial charge in [-0.1, -0.05) is 54.4 Å². The van der Waals surface area contributed by atoms with Crippen molar-refractivity contribution in [2.75, 3.05) is 22.9 Å². The molecule has 1 unspecified atom stereocenters. The average molecular weight is 475 g/mol. The molecule has 0 saturated heterocycles. The standard InChI is InChI=1S/C20H24Cl2N2O3S2/c1-3-19(24(29(2,26)27)17-9-6-8-16(21)13-17)20(25)23-11-12-28-14-15-7-4-5-10-18(15)22/h4-10,13,19H,3,11-12,14H2,1-2H3,(H,23,25). The highest BCUT2D eigenvalue weighted by Crippen LogP contribution is 2.25. The molecule has 9 heteroatoms. The second-order valence-corrected chi connectivity index (χ2v) is 10.2. The fourth-order valence-electron chi connectivity index (χ4n) is 2.84. The van der Waals surface area contributed by atoms with Crippen molar-refractivity contribution in [3.8, 4) is 0 Å². The van der Waals surface area contributed by atoms with Crippen LogP contribution in [0.25, 0.3) is 0 Å². The molecule has 2 aromatic rings. The first-order valence-electron chi connectivity index (χ1n) is 9.08. The topological polar surface area (TPSA) is 66.5 Å². The SMILES string of the molecule is CCC(C(=O)NCCSCc1ccccc1Cl)N(c1cccc(Cl)c1)S(C)(=O)=O. The van der Waals surface area contributed by atoms with E-state index >= 15 is 0 Å². The second-order valence-electron chi connectivity index (χ2n) is 6.40. The van der Waals surface area contributed by atoms with Gasteiger partial charge in [-0.3, -0.25) is 9.10 Å². The zero-order chi connectivity index (χ0) is 21.4. The summed E-state index contributed by atoms with van der Waals surface area (Å²) in [7, 11) is -3.67. The van der Waals surface area contributed by atoms with Crippen molar-refractivity contribution in [3.05, 3.63) is 64.1 Å². The van der Waals surface area contributed by atoms with Crippen molar-refractivity contribution in [2.24, 2.45) is 0 Å². The van der Waals surface area contributed by atoms with E-state index in [-0.39, 0.29) is 5.91 Å². The molecule has 0 heterocycles. The summed E-state index contributed by atoms with van der Waals surface area (Å²) < 4.78 is 25.9. The van der Waals surface area contributed by atoms with Crippen LogP contribution in [-0.2, 0) is 20.6 Å². The number of carbonyl (C=O) groups is 1. The third-order valence-corrected chi connectivity index (χ3v) is 6.95. The van der Waals surface area contributed by atoms with Gasteiger partial charge in [0.15, 0.2) is 0 Å². The molecule has 1 atom stereocenters. The zero-order valence-corrected chi connectivity index (χ0v) is 19.4. The minimum Gasteiger partial charge on any atom is -0.353 e. The zero-order valence-electron chi connectivity index (χ0n) is 16.3. The van der Waals surface area contributed by atoms with Gasteiger partial charge in [0.1, 0.15) is 6.04 Å². The molecule has 2 rings (SSSR count). The number of carbonyl (C=O) groups excluding carboxylic acids is 1. The van der Waals surface area contributed by atoms with Crippen LogP contribution in [-0.4, -0.2) is 38.9 Å². The quantitative estimate of drug-likeness (QED) is 0.511. The summed E-state index contributed by atoms with van der Waals surface area (Å²) in [5.74, 6) is 1.09. The molecule has 0 fully saturated rings. The number of halogens is 2. The molecular formula is C20H24Cl2N2O3S2. The summed E-state index contributed by atoms with van der Waals surface area (Å²) in [5, 5.41) is 3.97. The van der Waals surface area contributed by atoms with Crippen LogP contribution in [0.1, 0.15) is 18.9 Å². The third kappa shape index (κ3) is 7.10. The highest BCUT2D eigenvalue weighted by molar-refractivity contribution is 7.98. The van der Waals surface area contributed by atoms with Crippen LogP contribution >= 0.6 is 35.0 Å². The van der Waals surface area contributed by atoms with Crippen LogP contribution in [0.3, 0.4) is 0 Å². The maximum atomic E-state index is 12.7. The lowest BCUT2D eigenvalue weighted by Crippen LogP contribution is -2.49. The van der Waals surface area contributed by atoms with Crippen LogP contribution < -0.4 is 9.62 Å². The van der Waals surface area contributed by atoms with E-state index in [1.54, 1.807) is 36.9 Å². The van der Waals surface area contributed by atoms with E-state index < -0.39 is 16.1 Å². The van der Waals surface area contributed by atoms with Gasteiger partial charge in [-0.2, -0.15) is 11.8 Å². The van der Waals surface area contributed by atoms with Gasteiger partial charge in [-0.15, -0.1) is 0 Å². The van der Waals surface area contributed by atoms with Crippen molar-refractivity contribution in [2.45, 2.75) is 25.1 Å². The summed E-state index contributed by atoms with van der Waals surface area (Å²) in [6, 6.07) is 13.3. The predicted molar refractivity (Wildman–Crippen MR) is 123 cm³/mol. The fourth-order valence-corrected chi connectivity index (χ4v) is 5.37. The van der Waals surface area contributed by atoms with Crippen LogP contribution in [0.5, 0.6) is 0 Å². The molecule has 0 aliphatic rings. The van der Waals surface area contributed by atoms with Gasteiger partial charge < -0.3 is 5.32 Å². The van der Waals surface area contributed by atoms with Crippen molar-refractivity contribution >= 4 is 56.6 Å². The summed E-state index contributed by atoms with van der Waals surface area (Å²) in [4.78, 5) is 12.7. The molecule has 0 aromatic heterocycles. The number of rotatable bonds is 10. The minimum absolute atomic E-state index is 0.332. The minimum atomic E-state index is -3.67. The smallest absolute Gasteiger partial charge is 0.243 e.